The molecule has 0 bridgehead atoms. The summed E-state index contributed by atoms with van der Waals surface area (Å²) in [6, 6.07) is 9.85. The Morgan fingerprint density at radius 2 is 1.97 bits per heavy atom. The number of thiophene rings is 1. The van der Waals surface area contributed by atoms with Crippen LogP contribution in [0.25, 0.3) is 10.1 Å². The minimum atomic E-state index is -0.124. The quantitative estimate of drug-likeness (QED) is 0.371. The number of nitrogens with one attached hydrogen (secondary N) is 1. The Morgan fingerprint density at radius 3 is 2.63 bits per heavy atom. The number of nitrogens with zero attached hydrogens (tertiary/aromatic N) is 1. The summed E-state index contributed by atoms with van der Waals surface area (Å²) < 4.78 is 3.07. The summed E-state index contributed by atoms with van der Waals surface area (Å²) in [5.41, 5.74) is 2.45. The molecule has 3 aromatic rings. The zero-order valence-electron chi connectivity index (χ0n) is 18.1. The van der Waals surface area contributed by atoms with Crippen molar-refractivity contribution in [1.29, 1.82) is 0 Å². The highest BCUT2D eigenvalue weighted by Crippen LogP contribution is 2.37. The highest BCUT2D eigenvalue weighted by molar-refractivity contribution is 8.76. The van der Waals surface area contributed by atoms with Gasteiger partial charge in [0.05, 0.1) is 0 Å². The van der Waals surface area contributed by atoms with Crippen LogP contribution in [0.15, 0.2) is 36.5 Å². The third kappa shape index (κ3) is 5.93. The van der Waals surface area contributed by atoms with Crippen LogP contribution in [0, 0.1) is 6.92 Å². The number of fused-ring (bicyclic) bond motifs is 1. The monoisotopic (exact) mass is 460 g/mol. The predicted molar refractivity (Wildman–Crippen MR) is 133 cm³/mol. The van der Waals surface area contributed by atoms with Gasteiger partial charge in [-0.05, 0) is 74.7 Å². The minimum Gasteiger partial charge on any atom is -0.346 e. The summed E-state index contributed by atoms with van der Waals surface area (Å²) in [5, 5.41) is 4.03. The van der Waals surface area contributed by atoms with E-state index in [4.69, 9.17) is 0 Å². The van der Waals surface area contributed by atoms with E-state index >= 15 is 0 Å². The number of aromatic nitrogens is 1. The Morgan fingerprint density at radius 1 is 1.20 bits per heavy atom. The van der Waals surface area contributed by atoms with Gasteiger partial charge in [-0.25, -0.2) is 0 Å². The zero-order valence-corrected chi connectivity index (χ0v) is 20.5. The van der Waals surface area contributed by atoms with Gasteiger partial charge in [0.2, 0.25) is 0 Å². The predicted octanol–water partition coefficient (Wildman–Crippen LogP) is 6.48. The van der Waals surface area contributed by atoms with E-state index in [-0.39, 0.29) is 16.4 Å². The molecule has 0 aliphatic carbocycles. The SMILES string of the molecule is CSSC(C)(C)CCC(=O)Cc1cc2cc(NC(=O)c3cc(C)cn3C)ccc2s1. The van der Waals surface area contributed by atoms with Crippen LogP contribution < -0.4 is 5.32 Å². The van der Waals surface area contributed by atoms with Crippen LogP contribution in [-0.2, 0) is 18.3 Å². The van der Waals surface area contributed by atoms with Gasteiger partial charge in [-0.15, -0.1) is 11.3 Å². The second-order valence-corrected chi connectivity index (χ2v) is 12.4. The molecule has 0 saturated heterocycles. The van der Waals surface area contributed by atoms with Crippen molar-refractivity contribution in [2.45, 2.75) is 44.8 Å². The fourth-order valence-electron chi connectivity index (χ4n) is 3.40. The van der Waals surface area contributed by atoms with Crippen LogP contribution in [0.5, 0.6) is 0 Å². The number of carbonyl (C=O) groups excluding carboxylic acids is 2. The normalized spacial score (nSPS) is 11.8. The second kappa shape index (κ2) is 9.62. The summed E-state index contributed by atoms with van der Waals surface area (Å²) >= 11 is 1.65. The number of aryl methyl sites for hydroxylation is 2. The Kier molecular flexibility index (Phi) is 7.37. The van der Waals surface area contributed by atoms with Gasteiger partial charge in [0, 0.05) is 46.1 Å². The maximum Gasteiger partial charge on any atom is 0.272 e. The molecule has 0 unspecified atom stereocenters. The molecule has 7 heteroatoms. The summed E-state index contributed by atoms with van der Waals surface area (Å²) in [6.07, 6.45) is 5.97. The van der Waals surface area contributed by atoms with Gasteiger partial charge in [0.25, 0.3) is 5.91 Å². The Labute approximate surface area is 190 Å². The van der Waals surface area contributed by atoms with Gasteiger partial charge in [0.15, 0.2) is 0 Å². The lowest BCUT2D eigenvalue weighted by Crippen LogP contribution is -2.16. The standard InChI is InChI=1S/C23H28N2O2S3/c1-15-10-20(25(4)14-15)22(27)24-17-6-7-21-16(11-17)12-19(29-21)13-18(26)8-9-23(2,3)30-28-5/h6-7,10-12,14H,8-9,13H2,1-5H3,(H,24,27). The molecule has 0 aliphatic rings. The number of anilines is 1. The van der Waals surface area contributed by atoms with Crippen molar-refractivity contribution in [3.63, 3.8) is 0 Å². The smallest absolute Gasteiger partial charge is 0.272 e. The van der Waals surface area contributed by atoms with Crippen LogP contribution in [0.4, 0.5) is 5.69 Å². The van der Waals surface area contributed by atoms with E-state index in [1.165, 1.54) is 0 Å². The first-order valence-electron chi connectivity index (χ1n) is 9.87. The Bertz CT molecular complexity index is 1070. The van der Waals surface area contributed by atoms with Gasteiger partial charge in [-0.2, -0.15) is 0 Å². The molecule has 1 amide bonds. The number of carbonyl (C=O) groups is 2. The number of hydrogen-bond donors (Lipinski definition) is 1. The average Bonchev–Trinajstić information content (AvgIpc) is 3.21. The molecule has 1 aromatic carbocycles. The van der Waals surface area contributed by atoms with Crippen LogP contribution in [-0.4, -0.2) is 27.3 Å². The lowest BCUT2D eigenvalue weighted by Gasteiger charge is -2.21. The van der Waals surface area contributed by atoms with Gasteiger partial charge in [0.1, 0.15) is 11.5 Å². The minimum absolute atomic E-state index is 0.110. The maximum atomic E-state index is 12.6. The average molecular weight is 461 g/mol. The number of Topliss-reactive ketones (excluding diaryl/α,β-unsaturated/α-hetero) is 1. The first kappa shape index (κ1) is 23.0. The first-order chi connectivity index (χ1) is 14.2. The van der Waals surface area contributed by atoms with Crippen molar-refractivity contribution in [1.82, 2.24) is 4.57 Å². The van der Waals surface area contributed by atoms with E-state index in [1.54, 1.807) is 22.1 Å². The summed E-state index contributed by atoms with van der Waals surface area (Å²) in [5.74, 6) is 0.158. The lowest BCUT2D eigenvalue weighted by atomic mass is 10.0. The van der Waals surface area contributed by atoms with Gasteiger partial charge in [-0.3, -0.25) is 9.59 Å². The van der Waals surface area contributed by atoms with E-state index < -0.39 is 0 Å². The van der Waals surface area contributed by atoms with Crippen LogP contribution in [0.3, 0.4) is 0 Å². The molecule has 0 fully saturated rings. The third-order valence-corrected chi connectivity index (χ3v) is 8.68. The number of rotatable bonds is 9. The highest BCUT2D eigenvalue weighted by atomic mass is 33.1. The Balaban J connectivity index is 1.65. The number of benzene rings is 1. The molecule has 2 aromatic heterocycles. The van der Waals surface area contributed by atoms with Crippen LogP contribution in [0.2, 0.25) is 0 Å². The van der Waals surface area contributed by atoms with Crippen molar-refractivity contribution in [2.75, 3.05) is 11.6 Å². The van der Waals surface area contributed by atoms with E-state index in [0.29, 0.717) is 18.5 Å². The molecule has 2 heterocycles. The summed E-state index contributed by atoms with van der Waals surface area (Å²) in [6.45, 7) is 6.35. The maximum absolute atomic E-state index is 12.6. The number of amides is 1. The van der Waals surface area contributed by atoms with E-state index in [1.807, 2.05) is 59.8 Å². The summed E-state index contributed by atoms with van der Waals surface area (Å²) in [7, 11) is 5.44. The lowest BCUT2D eigenvalue weighted by molar-refractivity contribution is -0.118. The molecule has 30 heavy (non-hydrogen) atoms. The van der Waals surface area contributed by atoms with Crippen LogP contribution in [0.1, 0.15) is 47.6 Å². The molecule has 0 spiro atoms. The van der Waals surface area contributed by atoms with E-state index in [2.05, 4.69) is 31.5 Å². The van der Waals surface area contributed by atoms with Gasteiger partial charge >= 0.3 is 0 Å². The topological polar surface area (TPSA) is 51.1 Å². The first-order valence-corrected chi connectivity index (χ1v) is 13.2. The number of hydrogen-bond acceptors (Lipinski definition) is 5. The van der Waals surface area contributed by atoms with Gasteiger partial charge in [-0.1, -0.05) is 21.6 Å². The second-order valence-electron chi connectivity index (χ2n) is 8.16. The molecule has 4 nitrogen and oxygen atoms in total. The summed E-state index contributed by atoms with van der Waals surface area (Å²) in [4.78, 5) is 26.1. The van der Waals surface area contributed by atoms with Gasteiger partial charge < -0.3 is 9.88 Å². The fourth-order valence-corrected chi connectivity index (χ4v) is 6.72. The molecule has 3 rings (SSSR count). The molecule has 1 N–H and O–H groups in total. The van der Waals surface area contributed by atoms with Crippen molar-refractivity contribution in [3.8, 4) is 0 Å². The van der Waals surface area contributed by atoms with E-state index in [0.717, 1.165) is 32.6 Å². The molecular weight excluding hydrogens is 432 g/mol. The molecule has 0 atom stereocenters. The van der Waals surface area contributed by atoms with Crippen LogP contribution >= 0.6 is 32.9 Å². The van der Waals surface area contributed by atoms with E-state index in [9.17, 15) is 9.59 Å². The molecular formula is C23H28N2O2S3. The fraction of sp³-hybridized carbons (Fsp3) is 0.391. The zero-order chi connectivity index (χ0) is 21.9. The Hall–Kier alpha value is -1.70. The van der Waals surface area contributed by atoms with Crippen molar-refractivity contribution >= 4 is 60.4 Å². The molecule has 0 saturated carbocycles. The highest BCUT2D eigenvalue weighted by Gasteiger charge is 2.20. The van der Waals surface area contributed by atoms with Crippen molar-refractivity contribution in [2.24, 2.45) is 7.05 Å². The molecule has 0 aliphatic heterocycles. The molecule has 160 valence electrons. The van der Waals surface area contributed by atoms with Crippen molar-refractivity contribution < 1.29 is 9.59 Å². The largest absolute Gasteiger partial charge is 0.346 e. The third-order valence-electron chi connectivity index (χ3n) is 4.89. The molecule has 0 radical (unpaired) electrons. The number of ketones is 1. The van der Waals surface area contributed by atoms with Crippen molar-refractivity contribution in [3.05, 3.63) is 52.7 Å².